The van der Waals surface area contributed by atoms with Gasteiger partial charge in [-0.05, 0) is 13.3 Å². The van der Waals surface area contributed by atoms with Gasteiger partial charge in [0.25, 0.3) is 0 Å². The van der Waals surface area contributed by atoms with Crippen LogP contribution in [0.2, 0.25) is 0 Å². The lowest BCUT2D eigenvalue weighted by atomic mass is 10.3. The molecule has 1 atom stereocenters. The summed E-state index contributed by atoms with van der Waals surface area (Å²) in [5.41, 5.74) is 5.57. The van der Waals surface area contributed by atoms with E-state index >= 15 is 0 Å². The number of hydrogen-bond acceptors (Lipinski definition) is 1. The van der Waals surface area contributed by atoms with E-state index in [-0.39, 0.29) is 0 Å². The van der Waals surface area contributed by atoms with Crippen molar-refractivity contribution < 1.29 is 0 Å². The van der Waals surface area contributed by atoms with E-state index in [1.54, 1.807) is 0 Å². The summed E-state index contributed by atoms with van der Waals surface area (Å²) in [5, 5.41) is 0. The lowest BCUT2D eigenvalue weighted by Gasteiger charge is -2.12. The van der Waals surface area contributed by atoms with Crippen LogP contribution in [0.15, 0.2) is 4.99 Å². The summed E-state index contributed by atoms with van der Waals surface area (Å²) in [6.45, 7) is 4.15. The molecule has 2 N–H and O–H groups in total. The second kappa shape index (κ2) is 4.14. The monoisotopic (exact) mass is 143 g/mol. The van der Waals surface area contributed by atoms with Crippen LogP contribution in [0.25, 0.3) is 0 Å². The molecular weight excluding hydrogens is 126 g/mol. The van der Waals surface area contributed by atoms with Crippen molar-refractivity contribution in [2.45, 2.75) is 26.3 Å². The zero-order valence-corrected chi connectivity index (χ0v) is 7.26. The Balaban J connectivity index is 3.89. The zero-order valence-electron chi connectivity index (χ0n) is 7.26. The molecule has 0 saturated heterocycles. The summed E-state index contributed by atoms with van der Waals surface area (Å²) in [4.78, 5) is 6.03. The predicted octanol–water partition coefficient (Wildman–Crippen LogP) is 0.661. The zero-order chi connectivity index (χ0) is 8.15. The van der Waals surface area contributed by atoms with Crippen molar-refractivity contribution in [2.24, 2.45) is 10.7 Å². The molecule has 10 heavy (non-hydrogen) atoms. The molecule has 0 rings (SSSR count). The molecule has 0 aliphatic carbocycles. The molecule has 0 fully saturated rings. The Morgan fingerprint density at radius 3 is 2.40 bits per heavy atom. The molecule has 3 heteroatoms. The quantitative estimate of drug-likeness (QED) is 0.456. The Morgan fingerprint density at radius 2 is 2.10 bits per heavy atom. The molecule has 0 saturated carbocycles. The van der Waals surface area contributed by atoms with Crippen molar-refractivity contribution in [3.8, 4) is 0 Å². The van der Waals surface area contributed by atoms with E-state index in [0.717, 1.165) is 6.42 Å². The van der Waals surface area contributed by atoms with E-state index in [1.165, 1.54) is 0 Å². The first-order valence-electron chi connectivity index (χ1n) is 3.58. The van der Waals surface area contributed by atoms with Crippen molar-refractivity contribution in [3.63, 3.8) is 0 Å². The van der Waals surface area contributed by atoms with Gasteiger partial charge in [-0.1, -0.05) is 6.92 Å². The van der Waals surface area contributed by atoms with Gasteiger partial charge >= 0.3 is 0 Å². The Morgan fingerprint density at radius 1 is 1.60 bits per heavy atom. The molecule has 0 bridgehead atoms. The topological polar surface area (TPSA) is 41.6 Å². The fourth-order valence-electron chi connectivity index (χ4n) is 0.433. The van der Waals surface area contributed by atoms with Gasteiger partial charge in [0, 0.05) is 14.1 Å². The van der Waals surface area contributed by atoms with E-state index in [2.05, 4.69) is 18.8 Å². The summed E-state index contributed by atoms with van der Waals surface area (Å²) >= 11 is 0. The average Bonchev–Trinajstić information content (AvgIpc) is 1.87. The normalized spacial score (nSPS) is 15.0. The Labute approximate surface area is 62.9 Å². The van der Waals surface area contributed by atoms with E-state index in [1.807, 2.05) is 19.0 Å². The highest BCUT2D eigenvalue weighted by atomic mass is 15.2. The smallest absolute Gasteiger partial charge is 0.190 e. The van der Waals surface area contributed by atoms with Crippen LogP contribution in [0.3, 0.4) is 0 Å². The van der Waals surface area contributed by atoms with Gasteiger partial charge in [0.15, 0.2) is 5.96 Å². The SMILES string of the molecule is CCC(C)N=C(N)N(C)C. The van der Waals surface area contributed by atoms with Crippen molar-refractivity contribution in [1.29, 1.82) is 0 Å². The maximum Gasteiger partial charge on any atom is 0.190 e. The largest absolute Gasteiger partial charge is 0.370 e. The van der Waals surface area contributed by atoms with Crippen molar-refractivity contribution in [1.82, 2.24) is 4.90 Å². The lowest BCUT2D eigenvalue weighted by Crippen LogP contribution is -2.31. The highest BCUT2D eigenvalue weighted by Gasteiger charge is 1.97. The first kappa shape index (κ1) is 9.27. The predicted molar refractivity (Wildman–Crippen MR) is 45.1 cm³/mol. The molecule has 0 radical (unpaired) electrons. The minimum atomic E-state index is 0.336. The van der Waals surface area contributed by atoms with Gasteiger partial charge < -0.3 is 10.6 Å². The molecule has 3 nitrogen and oxygen atoms in total. The molecular formula is C7H17N3. The number of aliphatic imine (C=N–C) groups is 1. The van der Waals surface area contributed by atoms with Crippen molar-refractivity contribution in [3.05, 3.63) is 0 Å². The minimum absolute atomic E-state index is 0.336. The van der Waals surface area contributed by atoms with Gasteiger partial charge in [-0.25, -0.2) is 0 Å². The molecule has 0 aliphatic rings. The lowest BCUT2D eigenvalue weighted by molar-refractivity contribution is 0.593. The van der Waals surface area contributed by atoms with Crippen LogP contribution in [0.5, 0.6) is 0 Å². The summed E-state index contributed by atoms with van der Waals surface area (Å²) in [6, 6.07) is 0.336. The summed E-state index contributed by atoms with van der Waals surface area (Å²) < 4.78 is 0. The third-order valence-electron chi connectivity index (χ3n) is 1.40. The molecule has 0 heterocycles. The molecule has 60 valence electrons. The van der Waals surface area contributed by atoms with Crippen LogP contribution in [0.1, 0.15) is 20.3 Å². The van der Waals surface area contributed by atoms with Gasteiger partial charge in [-0.2, -0.15) is 0 Å². The maximum atomic E-state index is 5.57. The van der Waals surface area contributed by atoms with Crippen molar-refractivity contribution >= 4 is 5.96 Å². The molecule has 0 aliphatic heterocycles. The molecule has 0 spiro atoms. The molecule has 1 unspecified atom stereocenters. The Hall–Kier alpha value is -0.730. The highest BCUT2D eigenvalue weighted by molar-refractivity contribution is 5.77. The van der Waals surface area contributed by atoms with Crippen LogP contribution < -0.4 is 5.73 Å². The Kier molecular flexibility index (Phi) is 3.84. The van der Waals surface area contributed by atoms with Crippen LogP contribution in [-0.2, 0) is 0 Å². The van der Waals surface area contributed by atoms with Crippen LogP contribution in [0, 0.1) is 0 Å². The fourth-order valence-corrected chi connectivity index (χ4v) is 0.433. The second-order valence-electron chi connectivity index (χ2n) is 2.64. The van der Waals surface area contributed by atoms with E-state index < -0.39 is 0 Å². The maximum absolute atomic E-state index is 5.57. The highest BCUT2D eigenvalue weighted by Crippen LogP contribution is 1.94. The van der Waals surface area contributed by atoms with Crippen LogP contribution >= 0.6 is 0 Å². The minimum Gasteiger partial charge on any atom is -0.370 e. The summed E-state index contributed by atoms with van der Waals surface area (Å²) in [7, 11) is 3.78. The molecule has 0 amide bonds. The number of nitrogens with zero attached hydrogens (tertiary/aromatic N) is 2. The fraction of sp³-hybridized carbons (Fsp3) is 0.857. The number of nitrogens with two attached hydrogens (primary N) is 1. The third kappa shape index (κ3) is 3.33. The van der Waals surface area contributed by atoms with Crippen LogP contribution in [-0.4, -0.2) is 31.0 Å². The van der Waals surface area contributed by atoms with Gasteiger partial charge in [0.05, 0.1) is 6.04 Å². The second-order valence-corrected chi connectivity index (χ2v) is 2.64. The standard InChI is InChI=1S/C7H17N3/c1-5-6(2)9-7(8)10(3)4/h6H,5H2,1-4H3,(H2,8,9). The molecule has 0 aromatic heterocycles. The Bertz CT molecular complexity index is 118. The van der Waals surface area contributed by atoms with Gasteiger partial charge in [0.2, 0.25) is 0 Å². The van der Waals surface area contributed by atoms with Crippen LogP contribution in [0.4, 0.5) is 0 Å². The van der Waals surface area contributed by atoms with E-state index in [4.69, 9.17) is 5.73 Å². The number of guanidine groups is 1. The summed E-state index contributed by atoms with van der Waals surface area (Å²) in [5.74, 6) is 0.606. The number of hydrogen-bond donors (Lipinski definition) is 1. The first-order valence-corrected chi connectivity index (χ1v) is 3.58. The van der Waals surface area contributed by atoms with Gasteiger partial charge in [-0.15, -0.1) is 0 Å². The van der Waals surface area contributed by atoms with E-state index in [0.29, 0.717) is 12.0 Å². The number of rotatable bonds is 2. The molecule has 0 aromatic carbocycles. The molecule has 0 aromatic rings. The van der Waals surface area contributed by atoms with Gasteiger partial charge in [0.1, 0.15) is 0 Å². The third-order valence-corrected chi connectivity index (χ3v) is 1.40. The first-order chi connectivity index (χ1) is 4.57. The van der Waals surface area contributed by atoms with Gasteiger partial charge in [-0.3, -0.25) is 4.99 Å². The summed E-state index contributed by atoms with van der Waals surface area (Å²) in [6.07, 6.45) is 1.04. The van der Waals surface area contributed by atoms with E-state index in [9.17, 15) is 0 Å². The average molecular weight is 143 g/mol. The van der Waals surface area contributed by atoms with Crippen molar-refractivity contribution in [2.75, 3.05) is 14.1 Å².